The molecule has 8 heteroatoms. The van der Waals surface area contributed by atoms with Crippen LogP contribution in [0.2, 0.25) is 10.0 Å². The molecule has 1 unspecified atom stereocenters. The predicted molar refractivity (Wildman–Crippen MR) is 106 cm³/mol. The summed E-state index contributed by atoms with van der Waals surface area (Å²) < 4.78 is 5.21. The number of nitrogens with zero attached hydrogens (tertiary/aromatic N) is 3. The number of nitrogens with one attached hydrogen (secondary N) is 1. The Morgan fingerprint density at radius 1 is 1.21 bits per heavy atom. The van der Waals surface area contributed by atoms with Gasteiger partial charge in [0, 0.05) is 18.4 Å². The van der Waals surface area contributed by atoms with Crippen LogP contribution in [0.1, 0.15) is 29.5 Å². The number of rotatable bonds is 6. The number of aromatic nitrogens is 2. The third-order valence-corrected chi connectivity index (χ3v) is 4.79. The number of aryl methyl sites for hydroxylation is 2. The van der Waals surface area contributed by atoms with Crippen LogP contribution < -0.4 is 5.32 Å². The van der Waals surface area contributed by atoms with Crippen LogP contribution in [0.3, 0.4) is 0 Å². The summed E-state index contributed by atoms with van der Waals surface area (Å²) in [5, 5.41) is 16.6. The van der Waals surface area contributed by atoms with Gasteiger partial charge in [-0.15, -0.1) is 0 Å². The number of halogens is 2. The lowest BCUT2D eigenvalue weighted by Crippen LogP contribution is -2.27. The number of hydrogen-bond donors (Lipinski definition) is 1. The van der Waals surface area contributed by atoms with Crippen LogP contribution in [0.4, 0.5) is 0 Å². The van der Waals surface area contributed by atoms with Gasteiger partial charge in [0.2, 0.25) is 17.6 Å². The molecule has 6 nitrogen and oxygen atoms in total. The molecule has 0 aliphatic heterocycles. The Labute approximate surface area is 172 Å². The van der Waals surface area contributed by atoms with Crippen LogP contribution in [0, 0.1) is 18.3 Å². The zero-order valence-corrected chi connectivity index (χ0v) is 16.5. The highest BCUT2D eigenvalue weighted by Crippen LogP contribution is 2.25. The zero-order valence-electron chi connectivity index (χ0n) is 14.9. The van der Waals surface area contributed by atoms with Crippen molar-refractivity contribution in [1.29, 1.82) is 5.26 Å². The van der Waals surface area contributed by atoms with E-state index >= 15 is 0 Å². The van der Waals surface area contributed by atoms with Crippen LogP contribution in [0.5, 0.6) is 0 Å². The maximum Gasteiger partial charge on any atom is 0.227 e. The smallest absolute Gasteiger partial charge is 0.227 e. The molecule has 0 fully saturated rings. The van der Waals surface area contributed by atoms with Crippen molar-refractivity contribution in [2.45, 2.75) is 25.8 Å². The molecule has 3 aromatic rings. The fourth-order valence-electron chi connectivity index (χ4n) is 2.51. The van der Waals surface area contributed by atoms with Crippen molar-refractivity contribution in [3.8, 4) is 17.5 Å². The molecule has 0 aliphatic carbocycles. The van der Waals surface area contributed by atoms with Gasteiger partial charge in [-0.3, -0.25) is 4.79 Å². The number of amides is 1. The minimum absolute atomic E-state index is 0.106. The summed E-state index contributed by atoms with van der Waals surface area (Å²) in [5.41, 5.74) is 2.54. The Bertz CT molecular complexity index is 1030. The van der Waals surface area contributed by atoms with Crippen molar-refractivity contribution < 1.29 is 9.32 Å². The van der Waals surface area contributed by atoms with Crippen LogP contribution in [-0.2, 0) is 11.2 Å². The normalized spacial score (nSPS) is 11.6. The molecule has 0 saturated heterocycles. The molecule has 142 valence electrons. The molecule has 0 spiro atoms. The highest BCUT2D eigenvalue weighted by Gasteiger charge is 2.16. The summed E-state index contributed by atoms with van der Waals surface area (Å²) in [6.07, 6.45) is 0.374. The van der Waals surface area contributed by atoms with Gasteiger partial charge in [0.25, 0.3) is 0 Å². The van der Waals surface area contributed by atoms with Crippen molar-refractivity contribution in [2.75, 3.05) is 0 Å². The SMILES string of the molecule is Cc1ccc(-c2noc(CCC(=O)NC(C#N)c3ccc(Cl)c(Cl)c3)n2)cc1. The second-order valence-electron chi connectivity index (χ2n) is 6.18. The maximum absolute atomic E-state index is 12.2. The van der Waals surface area contributed by atoms with Crippen LogP contribution in [0.15, 0.2) is 47.0 Å². The molecule has 1 N–H and O–H groups in total. The predicted octanol–water partition coefficient (Wildman–Crippen LogP) is 4.67. The first-order chi connectivity index (χ1) is 13.5. The lowest BCUT2D eigenvalue weighted by molar-refractivity contribution is -0.121. The van der Waals surface area contributed by atoms with Gasteiger partial charge in [-0.05, 0) is 24.6 Å². The fraction of sp³-hybridized carbons (Fsp3) is 0.200. The highest BCUT2D eigenvalue weighted by atomic mass is 35.5. The number of hydrogen-bond acceptors (Lipinski definition) is 5. The van der Waals surface area contributed by atoms with Crippen LogP contribution >= 0.6 is 23.2 Å². The second-order valence-corrected chi connectivity index (χ2v) is 7.00. The molecule has 1 heterocycles. The summed E-state index contributed by atoms with van der Waals surface area (Å²) in [7, 11) is 0. The summed E-state index contributed by atoms with van der Waals surface area (Å²) in [6.45, 7) is 2.00. The quantitative estimate of drug-likeness (QED) is 0.632. The average Bonchev–Trinajstić information content (AvgIpc) is 3.16. The first-order valence-electron chi connectivity index (χ1n) is 8.50. The van der Waals surface area contributed by atoms with E-state index < -0.39 is 6.04 Å². The maximum atomic E-state index is 12.2. The Balaban J connectivity index is 1.58. The molecular formula is C20H16Cl2N4O2. The van der Waals surface area contributed by atoms with E-state index in [2.05, 4.69) is 15.5 Å². The van der Waals surface area contributed by atoms with E-state index in [4.69, 9.17) is 27.7 Å². The molecule has 1 atom stereocenters. The summed E-state index contributed by atoms with van der Waals surface area (Å²) in [5.74, 6) is 0.516. The largest absolute Gasteiger partial charge is 0.339 e. The highest BCUT2D eigenvalue weighted by molar-refractivity contribution is 6.42. The van der Waals surface area contributed by atoms with E-state index in [9.17, 15) is 10.1 Å². The summed E-state index contributed by atoms with van der Waals surface area (Å²) >= 11 is 11.9. The first-order valence-corrected chi connectivity index (χ1v) is 9.25. The van der Waals surface area contributed by atoms with E-state index in [-0.39, 0.29) is 18.7 Å². The van der Waals surface area contributed by atoms with Crippen molar-refractivity contribution in [2.24, 2.45) is 0 Å². The van der Waals surface area contributed by atoms with Gasteiger partial charge in [0.1, 0.15) is 6.04 Å². The van der Waals surface area contributed by atoms with Gasteiger partial charge >= 0.3 is 0 Å². The molecule has 0 aliphatic rings. The van der Waals surface area contributed by atoms with Gasteiger partial charge in [-0.1, -0.05) is 64.3 Å². The van der Waals surface area contributed by atoms with Gasteiger partial charge in [-0.2, -0.15) is 10.2 Å². The molecule has 2 aromatic carbocycles. The minimum Gasteiger partial charge on any atom is -0.339 e. The molecule has 3 rings (SSSR count). The van der Waals surface area contributed by atoms with Crippen molar-refractivity contribution >= 4 is 29.1 Å². The van der Waals surface area contributed by atoms with Gasteiger partial charge in [-0.25, -0.2) is 0 Å². The second kappa shape index (κ2) is 8.87. The van der Waals surface area contributed by atoms with E-state index in [0.29, 0.717) is 27.3 Å². The number of carbonyl (C=O) groups excluding carboxylic acids is 1. The van der Waals surface area contributed by atoms with Crippen LogP contribution in [-0.4, -0.2) is 16.0 Å². The molecule has 1 aromatic heterocycles. The number of benzene rings is 2. The topological polar surface area (TPSA) is 91.8 Å². The molecule has 0 bridgehead atoms. The molecule has 0 saturated carbocycles. The van der Waals surface area contributed by atoms with E-state index in [1.54, 1.807) is 18.2 Å². The van der Waals surface area contributed by atoms with Gasteiger partial charge in [0.05, 0.1) is 16.1 Å². The molecule has 1 amide bonds. The monoisotopic (exact) mass is 414 g/mol. The first kappa shape index (κ1) is 19.9. The number of nitriles is 1. The minimum atomic E-state index is -0.826. The fourth-order valence-corrected chi connectivity index (χ4v) is 2.82. The molecule has 28 heavy (non-hydrogen) atoms. The van der Waals surface area contributed by atoms with Crippen molar-refractivity contribution in [3.63, 3.8) is 0 Å². The lowest BCUT2D eigenvalue weighted by atomic mass is 10.1. The Morgan fingerprint density at radius 2 is 1.96 bits per heavy atom. The third kappa shape index (κ3) is 4.89. The van der Waals surface area contributed by atoms with Gasteiger partial charge < -0.3 is 9.84 Å². The number of carbonyl (C=O) groups is 1. The van der Waals surface area contributed by atoms with Gasteiger partial charge in [0.15, 0.2) is 0 Å². The van der Waals surface area contributed by atoms with E-state index in [1.807, 2.05) is 37.3 Å². The standard InChI is InChI=1S/C20H16Cl2N4O2/c1-12-2-4-13(5-3-12)20-25-19(28-26-20)9-8-18(27)24-17(11-23)14-6-7-15(21)16(22)10-14/h2-7,10,17H,8-9H2,1H3,(H,24,27). The van der Waals surface area contributed by atoms with Crippen molar-refractivity contribution in [3.05, 3.63) is 69.5 Å². The lowest BCUT2D eigenvalue weighted by Gasteiger charge is -2.12. The third-order valence-electron chi connectivity index (χ3n) is 4.06. The Kier molecular flexibility index (Phi) is 6.30. The summed E-state index contributed by atoms with van der Waals surface area (Å²) in [4.78, 5) is 16.5. The average molecular weight is 415 g/mol. The Morgan fingerprint density at radius 3 is 2.64 bits per heavy atom. The zero-order chi connectivity index (χ0) is 20.1. The molecular weight excluding hydrogens is 399 g/mol. The van der Waals surface area contributed by atoms with Crippen molar-refractivity contribution in [1.82, 2.24) is 15.5 Å². The molecule has 0 radical (unpaired) electrons. The van der Waals surface area contributed by atoms with E-state index in [1.165, 1.54) is 0 Å². The van der Waals surface area contributed by atoms with E-state index in [0.717, 1.165) is 11.1 Å². The van der Waals surface area contributed by atoms with Crippen LogP contribution in [0.25, 0.3) is 11.4 Å². The Hall–Kier alpha value is -2.88. The summed E-state index contributed by atoms with van der Waals surface area (Å²) in [6, 6.07) is 13.7.